The quantitative estimate of drug-likeness (QED) is 0.179. The molecule has 0 bridgehead atoms. The number of guanidine groups is 1. The Hall–Kier alpha value is -2.40. The van der Waals surface area contributed by atoms with Gasteiger partial charge in [0.15, 0.2) is 11.6 Å². The molecule has 2 aromatic heterocycles. The van der Waals surface area contributed by atoms with Crippen LogP contribution in [0.5, 0.6) is 5.75 Å². The van der Waals surface area contributed by atoms with E-state index in [4.69, 9.17) is 9.47 Å². The highest BCUT2D eigenvalue weighted by atomic mass is 127. The average Bonchev–Trinajstić information content (AvgIpc) is 3.18. The smallest absolute Gasteiger partial charge is 0.191 e. The number of rotatable bonds is 10. The van der Waals surface area contributed by atoms with Gasteiger partial charge < -0.3 is 20.1 Å². The molecule has 0 aliphatic carbocycles. The molecule has 9 heteroatoms. The monoisotopic (exact) mass is 538 g/mol. The maximum absolute atomic E-state index is 5.91. The van der Waals surface area contributed by atoms with E-state index in [2.05, 4.69) is 50.9 Å². The van der Waals surface area contributed by atoms with Crippen molar-refractivity contribution in [2.45, 2.75) is 26.8 Å². The third-order valence-corrected chi connectivity index (χ3v) is 4.61. The molecule has 0 radical (unpaired) electrons. The van der Waals surface area contributed by atoms with Crippen LogP contribution in [0.15, 0.2) is 47.6 Å². The fraction of sp³-hybridized carbons (Fsp3) is 0.409. The number of nitrogens with zero attached hydrogens (tertiary/aromatic N) is 4. The molecule has 3 rings (SSSR count). The number of pyridine rings is 1. The standard InChI is InChI=1S/C22H30N6O2.HI/c1-4-29-13-14-30-19-15-17(2)8-9-18(19)16-25-22(23-3)24-11-10-21-27-26-20-7-5-6-12-28(20)21;/h5-9,12,15H,4,10-11,13-14,16H2,1-3H3,(H2,23,24,25);1H. The number of aromatic nitrogens is 3. The lowest BCUT2D eigenvalue weighted by atomic mass is 10.1. The SMILES string of the molecule is CCOCCOc1cc(C)ccc1CNC(=NC)NCCc1nnc2ccccn12.I. The summed E-state index contributed by atoms with van der Waals surface area (Å²) in [5.41, 5.74) is 3.09. The van der Waals surface area contributed by atoms with Crippen molar-refractivity contribution in [3.8, 4) is 5.75 Å². The first-order chi connectivity index (χ1) is 14.7. The summed E-state index contributed by atoms with van der Waals surface area (Å²) < 4.78 is 13.3. The number of hydrogen-bond donors (Lipinski definition) is 2. The van der Waals surface area contributed by atoms with Crippen molar-refractivity contribution >= 4 is 35.6 Å². The second-order valence-electron chi connectivity index (χ2n) is 6.80. The minimum absolute atomic E-state index is 0. The molecular weight excluding hydrogens is 507 g/mol. The van der Waals surface area contributed by atoms with Crippen molar-refractivity contribution in [3.63, 3.8) is 0 Å². The highest BCUT2D eigenvalue weighted by Gasteiger charge is 2.08. The van der Waals surface area contributed by atoms with Crippen molar-refractivity contribution in [2.24, 2.45) is 4.99 Å². The second kappa shape index (κ2) is 13.1. The summed E-state index contributed by atoms with van der Waals surface area (Å²) in [4.78, 5) is 4.31. The van der Waals surface area contributed by atoms with Gasteiger partial charge in [-0.15, -0.1) is 34.2 Å². The molecule has 0 aliphatic rings. The van der Waals surface area contributed by atoms with Crippen LogP contribution in [0, 0.1) is 6.92 Å². The van der Waals surface area contributed by atoms with Gasteiger partial charge in [-0.05, 0) is 37.6 Å². The van der Waals surface area contributed by atoms with E-state index in [0.717, 1.165) is 40.7 Å². The van der Waals surface area contributed by atoms with E-state index in [1.165, 1.54) is 0 Å². The number of benzene rings is 1. The lowest BCUT2D eigenvalue weighted by Crippen LogP contribution is -2.38. The van der Waals surface area contributed by atoms with Gasteiger partial charge >= 0.3 is 0 Å². The first-order valence-corrected chi connectivity index (χ1v) is 10.2. The Balaban J connectivity index is 0.00000341. The van der Waals surface area contributed by atoms with Gasteiger partial charge in [0.2, 0.25) is 0 Å². The topological polar surface area (TPSA) is 85.1 Å². The van der Waals surface area contributed by atoms with E-state index in [1.54, 1.807) is 7.05 Å². The summed E-state index contributed by atoms with van der Waals surface area (Å²) in [6.07, 6.45) is 2.71. The zero-order valence-electron chi connectivity index (χ0n) is 18.3. The molecule has 8 nitrogen and oxygen atoms in total. The molecule has 1 aromatic carbocycles. The Labute approximate surface area is 200 Å². The molecular formula is C22H31IN6O2. The maximum Gasteiger partial charge on any atom is 0.191 e. The number of halogens is 1. The molecule has 0 amide bonds. The van der Waals surface area contributed by atoms with Crippen LogP contribution in [-0.2, 0) is 17.7 Å². The molecule has 0 unspecified atom stereocenters. The van der Waals surface area contributed by atoms with Crippen molar-refractivity contribution < 1.29 is 9.47 Å². The maximum atomic E-state index is 5.91. The third-order valence-electron chi connectivity index (χ3n) is 4.61. The zero-order chi connectivity index (χ0) is 21.2. The molecule has 168 valence electrons. The Morgan fingerprint density at radius 2 is 2.00 bits per heavy atom. The van der Waals surface area contributed by atoms with Gasteiger partial charge in [0.25, 0.3) is 0 Å². The fourth-order valence-corrected chi connectivity index (χ4v) is 3.05. The van der Waals surface area contributed by atoms with E-state index in [0.29, 0.717) is 32.9 Å². The number of aryl methyl sites for hydroxylation is 1. The van der Waals surface area contributed by atoms with Gasteiger partial charge in [0, 0.05) is 44.9 Å². The van der Waals surface area contributed by atoms with Crippen LogP contribution >= 0.6 is 24.0 Å². The lowest BCUT2D eigenvalue weighted by Gasteiger charge is -2.15. The van der Waals surface area contributed by atoms with E-state index in [9.17, 15) is 0 Å². The third kappa shape index (κ3) is 7.35. The van der Waals surface area contributed by atoms with Crippen LogP contribution in [0.2, 0.25) is 0 Å². The van der Waals surface area contributed by atoms with Gasteiger partial charge in [0.05, 0.1) is 6.61 Å². The summed E-state index contributed by atoms with van der Waals surface area (Å²) in [6.45, 7) is 7.14. The molecule has 0 aliphatic heterocycles. The number of aliphatic imine (C=N–C) groups is 1. The van der Waals surface area contributed by atoms with Crippen LogP contribution in [0.3, 0.4) is 0 Å². The van der Waals surface area contributed by atoms with E-state index < -0.39 is 0 Å². The van der Waals surface area contributed by atoms with Crippen LogP contribution < -0.4 is 15.4 Å². The summed E-state index contributed by atoms with van der Waals surface area (Å²) in [6, 6.07) is 12.1. The molecule has 0 saturated heterocycles. The van der Waals surface area contributed by atoms with Crippen molar-refractivity contribution in [1.82, 2.24) is 25.2 Å². The highest BCUT2D eigenvalue weighted by Crippen LogP contribution is 2.20. The average molecular weight is 538 g/mol. The van der Waals surface area contributed by atoms with Crippen LogP contribution in [-0.4, -0.2) is 54.0 Å². The lowest BCUT2D eigenvalue weighted by molar-refractivity contribution is 0.110. The molecule has 2 N–H and O–H groups in total. The normalized spacial score (nSPS) is 11.3. The molecule has 0 atom stereocenters. The van der Waals surface area contributed by atoms with Crippen LogP contribution in [0.1, 0.15) is 23.9 Å². The van der Waals surface area contributed by atoms with Gasteiger partial charge in [-0.3, -0.25) is 9.39 Å². The van der Waals surface area contributed by atoms with E-state index >= 15 is 0 Å². The molecule has 31 heavy (non-hydrogen) atoms. The predicted octanol–water partition coefficient (Wildman–Crippen LogP) is 2.98. The molecule has 3 aromatic rings. The van der Waals surface area contributed by atoms with Gasteiger partial charge in [-0.25, -0.2) is 0 Å². The van der Waals surface area contributed by atoms with E-state index in [-0.39, 0.29) is 24.0 Å². The molecule has 2 heterocycles. The minimum atomic E-state index is 0. The summed E-state index contributed by atoms with van der Waals surface area (Å²) >= 11 is 0. The Bertz CT molecular complexity index is 976. The number of nitrogens with one attached hydrogen (secondary N) is 2. The van der Waals surface area contributed by atoms with Crippen molar-refractivity contribution in [2.75, 3.05) is 33.4 Å². The fourth-order valence-electron chi connectivity index (χ4n) is 3.05. The van der Waals surface area contributed by atoms with Crippen molar-refractivity contribution in [1.29, 1.82) is 0 Å². The first kappa shape index (κ1) is 24.9. The summed E-state index contributed by atoms with van der Waals surface area (Å²) in [7, 11) is 1.76. The minimum Gasteiger partial charge on any atom is -0.491 e. The summed E-state index contributed by atoms with van der Waals surface area (Å²) in [5, 5.41) is 15.1. The van der Waals surface area contributed by atoms with Gasteiger partial charge in [-0.2, -0.15) is 0 Å². The van der Waals surface area contributed by atoms with Gasteiger partial charge in [-0.1, -0.05) is 18.2 Å². The zero-order valence-corrected chi connectivity index (χ0v) is 20.6. The molecule has 0 fully saturated rings. The Kier molecular flexibility index (Phi) is 10.5. The van der Waals surface area contributed by atoms with Crippen LogP contribution in [0.4, 0.5) is 0 Å². The van der Waals surface area contributed by atoms with Crippen LogP contribution in [0.25, 0.3) is 5.65 Å². The second-order valence-corrected chi connectivity index (χ2v) is 6.80. The Morgan fingerprint density at radius 1 is 1.13 bits per heavy atom. The number of hydrogen-bond acceptors (Lipinski definition) is 5. The Morgan fingerprint density at radius 3 is 2.81 bits per heavy atom. The molecule has 0 spiro atoms. The first-order valence-electron chi connectivity index (χ1n) is 10.2. The predicted molar refractivity (Wildman–Crippen MR) is 133 cm³/mol. The largest absolute Gasteiger partial charge is 0.491 e. The highest BCUT2D eigenvalue weighted by molar-refractivity contribution is 14.0. The molecule has 0 saturated carbocycles. The van der Waals surface area contributed by atoms with E-state index in [1.807, 2.05) is 35.7 Å². The van der Waals surface area contributed by atoms with Gasteiger partial charge in [0.1, 0.15) is 18.2 Å². The number of fused-ring (bicyclic) bond motifs is 1. The number of ether oxygens (including phenoxy) is 2. The summed E-state index contributed by atoms with van der Waals surface area (Å²) in [5.74, 6) is 2.51. The van der Waals surface area contributed by atoms with Crippen molar-refractivity contribution in [3.05, 3.63) is 59.5 Å².